The van der Waals surface area contributed by atoms with Crippen molar-refractivity contribution in [3.8, 4) is 33.5 Å². The van der Waals surface area contributed by atoms with E-state index in [1.54, 1.807) is 0 Å². The number of nitrogens with zero attached hydrogens (tertiary/aromatic N) is 3. The zero-order chi connectivity index (χ0) is 37.8. The Bertz CT molecular complexity index is 2760. The molecule has 0 fully saturated rings. The zero-order valence-corrected chi connectivity index (χ0v) is 31.0. The van der Waals surface area contributed by atoms with E-state index in [4.69, 9.17) is 4.98 Å². The first-order valence-electron chi connectivity index (χ1n) is 19.4. The van der Waals surface area contributed by atoms with Crippen molar-refractivity contribution in [3.63, 3.8) is 0 Å². The number of pyridine rings is 1. The number of hydrogen-bond donors (Lipinski definition) is 0. The van der Waals surface area contributed by atoms with E-state index in [0.717, 1.165) is 67.8 Å². The van der Waals surface area contributed by atoms with E-state index in [9.17, 15) is 0 Å². The Morgan fingerprint density at radius 1 is 0.439 bits per heavy atom. The monoisotopic (exact) mass is 725 g/mol. The minimum Gasteiger partial charge on any atom is -0.310 e. The fraction of sp³-hybridized carbons (Fsp3) is 0.0185. The number of benzene rings is 7. The molecule has 8 aromatic carbocycles. The van der Waals surface area contributed by atoms with Gasteiger partial charge in [0.2, 0.25) is 0 Å². The highest BCUT2D eigenvalue weighted by atomic mass is 15.2. The Labute approximate surface area is 333 Å². The minimum atomic E-state index is -0.680. The third-order valence-corrected chi connectivity index (χ3v) is 11.5. The van der Waals surface area contributed by atoms with Crippen molar-refractivity contribution < 1.29 is 0 Å². The molecule has 0 N–H and O–H groups in total. The van der Waals surface area contributed by atoms with Crippen molar-refractivity contribution in [3.05, 3.63) is 247 Å². The van der Waals surface area contributed by atoms with Crippen molar-refractivity contribution in [1.82, 2.24) is 4.98 Å². The summed E-state index contributed by atoms with van der Waals surface area (Å²) in [6, 6.07) is 82.8. The normalized spacial score (nSPS) is 12.9. The Morgan fingerprint density at radius 3 is 1.75 bits per heavy atom. The van der Waals surface area contributed by atoms with Crippen molar-refractivity contribution in [2.75, 3.05) is 9.80 Å². The van der Waals surface area contributed by atoms with Crippen molar-refractivity contribution in [2.24, 2.45) is 0 Å². The van der Waals surface area contributed by atoms with Crippen LogP contribution in [0.25, 0.3) is 33.5 Å². The van der Waals surface area contributed by atoms with Crippen LogP contribution < -0.4 is 9.80 Å². The molecule has 0 bridgehead atoms. The Kier molecular flexibility index (Phi) is 7.62. The lowest BCUT2D eigenvalue weighted by Crippen LogP contribution is -2.36. The molecule has 1 aromatic heterocycles. The maximum Gasteiger partial charge on any atom is 0.138 e. The molecule has 3 nitrogen and oxygen atoms in total. The summed E-state index contributed by atoms with van der Waals surface area (Å²) in [5.74, 6) is 0.851. The van der Waals surface area contributed by atoms with E-state index < -0.39 is 5.41 Å². The minimum absolute atomic E-state index is 0.680. The molecule has 9 aromatic rings. The average molecular weight is 726 g/mol. The van der Waals surface area contributed by atoms with Crippen LogP contribution in [0.3, 0.4) is 0 Å². The summed E-state index contributed by atoms with van der Waals surface area (Å²) in [6.45, 7) is 0. The quantitative estimate of drug-likeness (QED) is 0.170. The number of aromatic nitrogens is 1. The van der Waals surface area contributed by atoms with Crippen LogP contribution >= 0.6 is 0 Å². The summed E-state index contributed by atoms with van der Waals surface area (Å²) in [5, 5.41) is 0. The molecule has 0 radical (unpaired) electrons. The lowest BCUT2D eigenvalue weighted by molar-refractivity contribution is 0.752. The van der Waals surface area contributed by atoms with Crippen LogP contribution in [0.5, 0.6) is 0 Å². The van der Waals surface area contributed by atoms with Gasteiger partial charge in [-0.15, -0.1) is 0 Å². The molecule has 11 rings (SSSR count). The van der Waals surface area contributed by atoms with Crippen molar-refractivity contribution >= 4 is 34.3 Å². The largest absolute Gasteiger partial charge is 0.310 e. The van der Waals surface area contributed by atoms with Gasteiger partial charge in [-0.05, 0) is 112 Å². The second-order valence-electron chi connectivity index (χ2n) is 14.6. The summed E-state index contributed by atoms with van der Waals surface area (Å²) in [6.07, 6.45) is 0. The smallest absolute Gasteiger partial charge is 0.138 e. The van der Waals surface area contributed by atoms with Gasteiger partial charge >= 0.3 is 0 Å². The van der Waals surface area contributed by atoms with Crippen LogP contribution in [-0.2, 0) is 5.41 Å². The molecule has 0 saturated carbocycles. The summed E-state index contributed by atoms with van der Waals surface area (Å²) in [7, 11) is 0. The molecular formula is C54H35N3. The van der Waals surface area contributed by atoms with Crippen LogP contribution in [0, 0.1) is 12.1 Å². The van der Waals surface area contributed by atoms with Gasteiger partial charge < -0.3 is 4.90 Å². The van der Waals surface area contributed by atoms with Gasteiger partial charge in [-0.1, -0.05) is 152 Å². The third kappa shape index (κ3) is 5.12. The van der Waals surface area contributed by atoms with Crippen molar-refractivity contribution in [1.29, 1.82) is 0 Å². The van der Waals surface area contributed by atoms with Gasteiger partial charge in [0, 0.05) is 28.2 Å². The first kappa shape index (κ1) is 32.7. The molecule has 1 unspecified atom stereocenters. The van der Waals surface area contributed by atoms with E-state index in [1.165, 1.54) is 22.3 Å². The molecule has 1 spiro atoms. The average Bonchev–Trinajstić information content (AvgIpc) is 3.59. The maximum atomic E-state index is 5.51. The number of hydrogen-bond acceptors (Lipinski definition) is 3. The second kappa shape index (κ2) is 13.3. The van der Waals surface area contributed by atoms with Gasteiger partial charge in [0.15, 0.2) is 0 Å². The molecule has 2 aliphatic rings. The van der Waals surface area contributed by atoms with E-state index in [1.807, 2.05) is 6.07 Å². The predicted octanol–water partition coefficient (Wildman–Crippen LogP) is 13.6. The number of anilines is 6. The lowest BCUT2D eigenvalue weighted by atomic mass is 9.65. The molecule has 1 aliphatic carbocycles. The molecule has 3 heteroatoms. The summed E-state index contributed by atoms with van der Waals surface area (Å²) < 4.78 is 0. The second-order valence-corrected chi connectivity index (χ2v) is 14.6. The van der Waals surface area contributed by atoms with Crippen LogP contribution in [0.4, 0.5) is 34.3 Å². The van der Waals surface area contributed by atoms with E-state index in [0.29, 0.717) is 0 Å². The number of rotatable bonds is 6. The predicted molar refractivity (Wildman–Crippen MR) is 233 cm³/mol. The van der Waals surface area contributed by atoms with Gasteiger partial charge in [0.1, 0.15) is 5.82 Å². The summed E-state index contributed by atoms with van der Waals surface area (Å²) in [4.78, 5) is 10.2. The molecule has 0 saturated heterocycles. The van der Waals surface area contributed by atoms with E-state index >= 15 is 0 Å². The van der Waals surface area contributed by atoms with Crippen LogP contribution in [0.1, 0.15) is 22.3 Å². The molecule has 1 atom stereocenters. The number of para-hydroxylation sites is 3. The highest BCUT2D eigenvalue weighted by Gasteiger charge is 2.52. The van der Waals surface area contributed by atoms with Gasteiger partial charge in [0.25, 0.3) is 0 Å². The van der Waals surface area contributed by atoms with Crippen LogP contribution in [0.2, 0.25) is 0 Å². The molecule has 2 heterocycles. The summed E-state index contributed by atoms with van der Waals surface area (Å²) in [5.41, 5.74) is 16.0. The van der Waals surface area contributed by atoms with Gasteiger partial charge in [-0.3, -0.25) is 4.90 Å². The lowest BCUT2D eigenvalue weighted by Gasteiger charge is -2.44. The first-order valence-corrected chi connectivity index (χ1v) is 19.4. The highest BCUT2D eigenvalue weighted by molar-refractivity contribution is 5.97. The fourth-order valence-corrected chi connectivity index (χ4v) is 9.10. The molecule has 266 valence electrons. The van der Waals surface area contributed by atoms with Gasteiger partial charge in [0.05, 0.1) is 22.5 Å². The summed E-state index contributed by atoms with van der Waals surface area (Å²) >= 11 is 0. The van der Waals surface area contributed by atoms with E-state index in [-0.39, 0.29) is 0 Å². The molecular weight excluding hydrogens is 691 g/mol. The number of fused-ring (bicyclic) bond motifs is 9. The highest BCUT2D eigenvalue weighted by Crippen LogP contribution is 2.63. The van der Waals surface area contributed by atoms with Gasteiger partial charge in [-0.2, -0.15) is 0 Å². The first-order chi connectivity index (χ1) is 28.3. The van der Waals surface area contributed by atoms with E-state index in [2.05, 4.69) is 228 Å². The van der Waals surface area contributed by atoms with Crippen molar-refractivity contribution in [2.45, 2.75) is 5.41 Å². The third-order valence-electron chi connectivity index (χ3n) is 11.5. The zero-order valence-electron chi connectivity index (χ0n) is 31.0. The Balaban J connectivity index is 1.24. The molecule has 57 heavy (non-hydrogen) atoms. The Hall–Kier alpha value is -7.67. The fourth-order valence-electron chi connectivity index (χ4n) is 9.10. The standard InChI is InChI=1S/C54H35N3/c1-5-19-38(20-6-1)40-35-50(39-21-7-2-8-22-39)55-53(36-40)57-51-32-18-17-31-48(51)54(46-29-15-13-27-44(46)45-28-14-16-30-47(45)54)49-37-43(33-34-52(49)57)56(41-23-9-3-10-24-41)42-25-11-4-12-26-42/h1-15,17-29,31-37H. The van der Waals surface area contributed by atoms with Crippen LogP contribution in [-0.4, -0.2) is 4.98 Å². The topological polar surface area (TPSA) is 19.4 Å². The Morgan fingerprint density at radius 2 is 1.04 bits per heavy atom. The SMILES string of the molecule is c1ccc2c(c#1)C1(c3ccccc3-2)c2ccccc2N(c2cc(-c3ccccc3)cc(-c3ccccc3)n2)c2ccc(N(c3ccccc3)c3ccccc3)cc21. The van der Waals surface area contributed by atoms with Gasteiger partial charge in [-0.25, -0.2) is 4.98 Å². The maximum absolute atomic E-state index is 5.51. The molecule has 1 aliphatic heterocycles. The molecule has 0 amide bonds. The van der Waals surface area contributed by atoms with Crippen LogP contribution in [0.15, 0.2) is 212 Å².